The summed E-state index contributed by atoms with van der Waals surface area (Å²) >= 11 is 6.21. The fourth-order valence-corrected chi connectivity index (χ4v) is 4.19. The summed E-state index contributed by atoms with van der Waals surface area (Å²) in [6.45, 7) is 0.158. The molecule has 1 amide bonds. The number of carbonyl (C=O) groups excluding carboxylic acids is 2. The molecule has 0 radical (unpaired) electrons. The smallest absolute Gasteiger partial charge is 0.290 e. The van der Waals surface area contributed by atoms with E-state index < -0.39 is 23.5 Å². The fraction of sp³-hybridized carbons (Fsp3) is 0.0800. The third-order valence-electron chi connectivity index (χ3n) is 5.44. The summed E-state index contributed by atoms with van der Waals surface area (Å²) in [5.41, 5.74) is 1.88. The molecule has 1 aliphatic rings. The summed E-state index contributed by atoms with van der Waals surface area (Å²) in [5.74, 6) is -1.73. The lowest BCUT2D eigenvalue weighted by Crippen LogP contribution is -2.30. The summed E-state index contributed by atoms with van der Waals surface area (Å²) in [6.07, 6.45) is 3.27. The number of furan rings is 1. The van der Waals surface area contributed by atoms with Gasteiger partial charge in [0.05, 0.1) is 11.6 Å². The van der Waals surface area contributed by atoms with E-state index in [2.05, 4.69) is 4.98 Å². The average Bonchev–Trinajstić information content (AvgIpc) is 3.34. The minimum atomic E-state index is -0.831. The molecular formula is C25H17ClN2O4. The first-order chi connectivity index (χ1) is 15.5. The number of rotatable bonds is 5. The second-order valence-corrected chi connectivity index (χ2v) is 7.93. The Hall–Kier alpha value is -3.90. The lowest BCUT2D eigenvalue weighted by Gasteiger charge is -2.26. The first kappa shape index (κ1) is 20.0. The highest BCUT2D eigenvalue weighted by Crippen LogP contribution is 2.41. The summed E-state index contributed by atoms with van der Waals surface area (Å²) < 4.78 is 5.73. The van der Waals surface area contributed by atoms with Crippen molar-refractivity contribution in [3.8, 4) is 0 Å². The topological polar surface area (TPSA) is 83.6 Å². The van der Waals surface area contributed by atoms with Crippen LogP contribution in [-0.4, -0.2) is 26.7 Å². The highest BCUT2D eigenvalue weighted by atomic mass is 35.5. The van der Waals surface area contributed by atoms with Crippen LogP contribution in [0, 0.1) is 0 Å². The van der Waals surface area contributed by atoms with Gasteiger partial charge < -0.3 is 14.4 Å². The van der Waals surface area contributed by atoms with Crippen molar-refractivity contribution in [3.63, 3.8) is 0 Å². The van der Waals surface area contributed by atoms with Gasteiger partial charge in [-0.15, -0.1) is 0 Å². The highest BCUT2D eigenvalue weighted by molar-refractivity contribution is 6.30. The molecule has 6 nitrogen and oxygen atoms in total. The Morgan fingerprint density at radius 2 is 1.94 bits per heavy atom. The van der Waals surface area contributed by atoms with Crippen molar-refractivity contribution < 1.29 is 19.1 Å². The number of carbonyl (C=O) groups is 2. The molecule has 0 saturated heterocycles. The van der Waals surface area contributed by atoms with Gasteiger partial charge in [0.15, 0.2) is 11.5 Å². The number of aliphatic hydroxyl groups is 1. The number of fused-ring (bicyclic) bond motifs is 1. The van der Waals surface area contributed by atoms with E-state index in [1.54, 1.807) is 60.9 Å². The largest absolute Gasteiger partial charge is 0.503 e. The van der Waals surface area contributed by atoms with Gasteiger partial charge in [0, 0.05) is 29.3 Å². The van der Waals surface area contributed by atoms with E-state index in [1.807, 2.05) is 18.2 Å². The van der Waals surface area contributed by atoms with Crippen LogP contribution in [-0.2, 0) is 11.3 Å². The van der Waals surface area contributed by atoms with E-state index in [0.717, 1.165) is 10.9 Å². The van der Waals surface area contributed by atoms with E-state index in [1.165, 1.54) is 4.90 Å². The number of aromatic nitrogens is 1. The van der Waals surface area contributed by atoms with Crippen LogP contribution >= 0.6 is 11.6 Å². The van der Waals surface area contributed by atoms with Crippen LogP contribution in [0.2, 0.25) is 5.02 Å². The van der Waals surface area contributed by atoms with Crippen LogP contribution in [0.4, 0.5) is 0 Å². The van der Waals surface area contributed by atoms with E-state index >= 15 is 0 Å². The third-order valence-corrected chi connectivity index (χ3v) is 5.67. The normalized spacial score (nSPS) is 16.2. The number of hydrogen-bond donors (Lipinski definition) is 1. The minimum Gasteiger partial charge on any atom is -0.503 e. The number of Topliss-reactive ketones (excluding diaryl/α,β-unsaturated/α-hetero) is 1. The van der Waals surface area contributed by atoms with Gasteiger partial charge >= 0.3 is 0 Å². The number of para-hydroxylation sites is 1. The van der Waals surface area contributed by atoms with E-state index in [0.29, 0.717) is 16.2 Å². The lowest BCUT2D eigenvalue weighted by molar-refractivity contribution is -0.130. The Bertz CT molecular complexity index is 1340. The molecule has 158 valence electrons. The molecule has 1 N–H and O–H groups in total. The molecule has 5 rings (SSSR count). The molecule has 0 spiro atoms. The summed E-state index contributed by atoms with van der Waals surface area (Å²) in [4.78, 5) is 32.1. The second kappa shape index (κ2) is 7.98. The minimum absolute atomic E-state index is 0.0415. The molecule has 2 aromatic heterocycles. The Balaban J connectivity index is 1.61. The van der Waals surface area contributed by atoms with Crippen LogP contribution in [0.5, 0.6) is 0 Å². The Kier molecular flexibility index (Phi) is 4.99. The van der Waals surface area contributed by atoms with Crippen LogP contribution in [0.15, 0.2) is 94.9 Å². The Labute approximate surface area is 188 Å². The molecule has 2 aromatic carbocycles. The predicted octanol–water partition coefficient (Wildman–Crippen LogP) is 5.26. The molecule has 4 aromatic rings. The van der Waals surface area contributed by atoms with Gasteiger partial charge in [-0.25, -0.2) is 0 Å². The molecule has 0 bridgehead atoms. The maximum atomic E-state index is 13.5. The van der Waals surface area contributed by atoms with Gasteiger partial charge in [-0.05, 0) is 41.5 Å². The van der Waals surface area contributed by atoms with Crippen LogP contribution in [0.3, 0.4) is 0 Å². The lowest BCUT2D eigenvalue weighted by atomic mass is 9.95. The summed E-state index contributed by atoms with van der Waals surface area (Å²) in [7, 11) is 0. The summed E-state index contributed by atoms with van der Waals surface area (Å²) in [6, 6.07) is 18.5. The highest BCUT2D eigenvalue weighted by Gasteiger charge is 2.44. The van der Waals surface area contributed by atoms with Crippen molar-refractivity contribution >= 4 is 34.3 Å². The molecule has 0 unspecified atom stereocenters. The molecule has 1 atom stereocenters. The molecular weight excluding hydrogens is 428 g/mol. The van der Waals surface area contributed by atoms with Crippen molar-refractivity contribution in [1.29, 1.82) is 0 Å². The van der Waals surface area contributed by atoms with E-state index in [-0.39, 0.29) is 17.9 Å². The molecule has 32 heavy (non-hydrogen) atoms. The van der Waals surface area contributed by atoms with Crippen LogP contribution in [0.1, 0.15) is 27.7 Å². The number of halogens is 1. The first-order valence-electron chi connectivity index (χ1n) is 9.94. The maximum Gasteiger partial charge on any atom is 0.290 e. The number of benzene rings is 2. The number of hydrogen-bond acceptors (Lipinski definition) is 5. The monoisotopic (exact) mass is 444 g/mol. The van der Waals surface area contributed by atoms with Gasteiger partial charge in [0.2, 0.25) is 5.78 Å². The fourth-order valence-electron chi connectivity index (χ4n) is 3.99. The predicted molar refractivity (Wildman–Crippen MR) is 119 cm³/mol. The van der Waals surface area contributed by atoms with Crippen molar-refractivity contribution in [2.45, 2.75) is 12.6 Å². The number of nitrogens with zero attached hydrogens (tertiary/aromatic N) is 2. The van der Waals surface area contributed by atoms with Gasteiger partial charge in [-0.2, -0.15) is 0 Å². The SMILES string of the molecule is O=C(C1=C(O)C(=O)N(Cc2cccnc2)[C@H]1c1cccc(Cl)c1)c1cc2ccccc2o1. The van der Waals surface area contributed by atoms with E-state index in [4.69, 9.17) is 16.0 Å². The third kappa shape index (κ3) is 3.44. The molecule has 1 aliphatic heterocycles. The Morgan fingerprint density at radius 3 is 2.69 bits per heavy atom. The zero-order chi connectivity index (χ0) is 22.2. The number of pyridine rings is 1. The van der Waals surface area contributed by atoms with Crippen molar-refractivity contribution in [2.75, 3.05) is 0 Å². The standard InChI is InChI=1S/C25H17ClN2O4/c26-18-8-3-7-17(11-18)22-21(23(29)20-12-16-6-1-2-9-19(16)32-20)24(30)25(31)28(22)14-15-5-4-10-27-13-15/h1-13,22,30H,14H2/t22-/m0/s1. The van der Waals surface area contributed by atoms with Crippen molar-refractivity contribution in [2.24, 2.45) is 0 Å². The molecule has 0 aliphatic carbocycles. The zero-order valence-corrected chi connectivity index (χ0v) is 17.5. The summed E-state index contributed by atoms with van der Waals surface area (Å²) in [5, 5.41) is 12.0. The van der Waals surface area contributed by atoms with E-state index in [9.17, 15) is 14.7 Å². The molecule has 0 fully saturated rings. The second-order valence-electron chi connectivity index (χ2n) is 7.49. The van der Waals surface area contributed by atoms with Crippen molar-refractivity contribution in [3.05, 3.63) is 112 Å². The quantitative estimate of drug-likeness (QED) is 0.424. The van der Waals surface area contributed by atoms with Crippen molar-refractivity contribution in [1.82, 2.24) is 9.88 Å². The molecule has 0 saturated carbocycles. The zero-order valence-electron chi connectivity index (χ0n) is 16.7. The van der Waals surface area contributed by atoms with Gasteiger partial charge in [0.1, 0.15) is 5.58 Å². The van der Waals surface area contributed by atoms with Gasteiger partial charge in [-0.3, -0.25) is 14.6 Å². The maximum absolute atomic E-state index is 13.5. The van der Waals surface area contributed by atoms with Crippen LogP contribution < -0.4 is 0 Å². The van der Waals surface area contributed by atoms with Gasteiger partial charge in [-0.1, -0.05) is 48.0 Å². The number of ketones is 1. The van der Waals surface area contributed by atoms with Crippen LogP contribution in [0.25, 0.3) is 11.0 Å². The average molecular weight is 445 g/mol. The molecule has 3 heterocycles. The Morgan fingerprint density at radius 1 is 1.09 bits per heavy atom. The van der Waals surface area contributed by atoms with Gasteiger partial charge in [0.25, 0.3) is 5.91 Å². The number of amides is 1. The molecule has 7 heteroatoms. The first-order valence-corrected chi connectivity index (χ1v) is 10.3. The number of aliphatic hydroxyl groups excluding tert-OH is 1.